The molecule has 1 heterocycles. The van der Waals surface area contributed by atoms with E-state index in [0.29, 0.717) is 11.4 Å². The minimum absolute atomic E-state index is 0.105. The molecule has 3 aromatic carbocycles. The van der Waals surface area contributed by atoms with Crippen molar-refractivity contribution in [3.8, 4) is 22.9 Å². The third-order valence-corrected chi connectivity index (χ3v) is 4.66. The van der Waals surface area contributed by atoms with Crippen molar-refractivity contribution in [2.24, 2.45) is 5.10 Å². The molecule has 0 spiro atoms. The first-order valence-electron chi connectivity index (χ1n) is 10.3. The van der Waals surface area contributed by atoms with Crippen molar-refractivity contribution >= 4 is 18.1 Å². The largest absolute Gasteiger partial charge is 0.493 e. The van der Waals surface area contributed by atoms with E-state index in [1.807, 2.05) is 30.3 Å². The van der Waals surface area contributed by atoms with Gasteiger partial charge in [-0.05, 0) is 41.1 Å². The van der Waals surface area contributed by atoms with Crippen molar-refractivity contribution in [2.75, 3.05) is 7.11 Å². The van der Waals surface area contributed by atoms with Crippen LogP contribution in [0.3, 0.4) is 0 Å². The summed E-state index contributed by atoms with van der Waals surface area (Å²) in [7, 11) is 1.40. The molecule has 11 heteroatoms. The summed E-state index contributed by atoms with van der Waals surface area (Å²) in [6.07, 6.45) is 1.38. The van der Waals surface area contributed by atoms with Crippen molar-refractivity contribution in [3.63, 3.8) is 0 Å². The number of hydrogen-bond acceptors (Lipinski definition) is 8. The predicted molar refractivity (Wildman–Crippen MR) is 123 cm³/mol. The molecule has 0 saturated heterocycles. The first kappa shape index (κ1) is 23.2. The Labute approximate surface area is 199 Å². The molecule has 35 heavy (non-hydrogen) atoms. The van der Waals surface area contributed by atoms with Gasteiger partial charge in [0.05, 0.1) is 18.9 Å². The number of amides is 1. The molecule has 4 rings (SSSR count). The number of nitrogens with zero attached hydrogens (tertiary/aromatic N) is 5. The van der Waals surface area contributed by atoms with Crippen LogP contribution in [0.15, 0.2) is 77.9 Å². The van der Waals surface area contributed by atoms with Gasteiger partial charge in [0.25, 0.3) is 5.91 Å². The Hall–Kier alpha value is -4.93. The van der Waals surface area contributed by atoms with Crippen LogP contribution in [-0.2, 0) is 11.3 Å². The number of tetrazole rings is 1. The fourth-order valence-corrected chi connectivity index (χ4v) is 2.99. The molecule has 0 aliphatic heterocycles. The van der Waals surface area contributed by atoms with E-state index < -0.39 is 17.7 Å². The van der Waals surface area contributed by atoms with Gasteiger partial charge in [0, 0.05) is 5.56 Å². The van der Waals surface area contributed by atoms with Gasteiger partial charge in [0.2, 0.25) is 5.82 Å². The molecule has 10 nitrogen and oxygen atoms in total. The molecule has 0 aliphatic carbocycles. The van der Waals surface area contributed by atoms with Crippen molar-refractivity contribution < 1.29 is 23.5 Å². The topological polar surface area (TPSA) is 121 Å². The first-order valence-corrected chi connectivity index (χ1v) is 10.3. The number of hydrazone groups is 1. The van der Waals surface area contributed by atoms with Crippen LogP contribution >= 0.6 is 0 Å². The zero-order valence-corrected chi connectivity index (χ0v) is 18.5. The number of aromatic nitrogens is 4. The lowest BCUT2D eigenvalue weighted by Crippen LogP contribution is -2.24. The molecule has 0 radical (unpaired) electrons. The molecule has 0 saturated carbocycles. The molecule has 0 unspecified atom stereocenters. The second-order valence-electron chi connectivity index (χ2n) is 7.08. The molecule has 0 bridgehead atoms. The van der Waals surface area contributed by atoms with Gasteiger partial charge >= 0.3 is 5.97 Å². The summed E-state index contributed by atoms with van der Waals surface area (Å²) in [6, 6.07) is 19.4. The summed E-state index contributed by atoms with van der Waals surface area (Å²) in [5.74, 6) is -1.26. The van der Waals surface area contributed by atoms with E-state index in [-0.39, 0.29) is 23.6 Å². The van der Waals surface area contributed by atoms with Crippen molar-refractivity contribution in [1.29, 1.82) is 0 Å². The van der Waals surface area contributed by atoms with Crippen molar-refractivity contribution in [3.05, 3.63) is 89.7 Å². The van der Waals surface area contributed by atoms with E-state index in [1.165, 1.54) is 43.7 Å². The normalized spacial score (nSPS) is 10.8. The molecule has 1 amide bonds. The lowest BCUT2D eigenvalue weighted by molar-refractivity contribution is -0.122. The quantitative estimate of drug-likeness (QED) is 0.180. The van der Waals surface area contributed by atoms with Crippen LogP contribution in [0.5, 0.6) is 11.5 Å². The van der Waals surface area contributed by atoms with Crippen LogP contribution in [0.4, 0.5) is 4.39 Å². The zero-order valence-electron chi connectivity index (χ0n) is 18.5. The highest BCUT2D eigenvalue weighted by Gasteiger charge is 2.16. The molecule has 0 atom stereocenters. The lowest BCUT2D eigenvalue weighted by Gasteiger charge is -2.10. The first-order chi connectivity index (χ1) is 17.0. The smallest absolute Gasteiger partial charge is 0.346 e. The maximum Gasteiger partial charge on any atom is 0.346 e. The second-order valence-corrected chi connectivity index (χ2v) is 7.08. The lowest BCUT2D eigenvalue weighted by atomic mass is 10.2. The number of benzene rings is 3. The monoisotopic (exact) mass is 474 g/mol. The van der Waals surface area contributed by atoms with Gasteiger partial charge in [-0.3, -0.25) is 4.79 Å². The second kappa shape index (κ2) is 10.8. The third-order valence-electron chi connectivity index (χ3n) is 4.66. The number of methoxy groups -OCH3 is 1. The van der Waals surface area contributed by atoms with E-state index in [0.717, 1.165) is 10.4 Å². The highest BCUT2D eigenvalue weighted by atomic mass is 19.1. The van der Waals surface area contributed by atoms with Gasteiger partial charge in [-0.25, -0.2) is 14.6 Å². The van der Waals surface area contributed by atoms with Crippen LogP contribution in [0.2, 0.25) is 0 Å². The summed E-state index contributed by atoms with van der Waals surface area (Å²) in [5.41, 5.74) is 3.52. The summed E-state index contributed by atoms with van der Waals surface area (Å²) in [5, 5.41) is 15.9. The molecule has 1 aromatic heterocycles. The van der Waals surface area contributed by atoms with E-state index >= 15 is 0 Å². The van der Waals surface area contributed by atoms with Gasteiger partial charge in [0.15, 0.2) is 11.5 Å². The molecular formula is C24H19FN6O4. The van der Waals surface area contributed by atoms with Crippen LogP contribution in [-0.4, -0.2) is 45.4 Å². The third kappa shape index (κ3) is 5.90. The van der Waals surface area contributed by atoms with Gasteiger partial charge in [-0.15, -0.1) is 10.2 Å². The molecule has 176 valence electrons. The van der Waals surface area contributed by atoms with Gasteiger partial charge < -0.3 is 9.47 Å². The number of hydrogen-bond donors (Lipinski definition) is 1. The Kier molecular flexibility index (Phi) is 7.16. The molecular weight excluding hydrogens is 455 g/mol. The number of carbonyl (C=O) groups excluding carboxylic acids is 2. The van der Waals surface area contributed by atoms with Crippen molar-refractivity contribution in [1.82, 2.24) is 25.6 Å². The van der Waals surface area contributed by atoms with E-state index in [1.54, 1.807) is 12.1 Å². The minimum Gasteiger partial charge on any atom is -0.493 e. The fourth-order valence-electron chi connectivity index (χ4n) is 2.99. The summed E-state index contributed by atoms with van der Waals surface area (Å²) >= 11 is 0. The molecule has 4 aromatic rings. The van der Waals surface area contributed by atoms with Gasteiger partial charge in [-0.2, -0.15) is 9.90 Å². The minimum atomic E-state index is -0.854. The maximum absolute atomic E-state index is 13.8. The number of halogens is 1. The number of nitrogens with one attached hydrogen (secondary N) is 1. The highest BCUT2D eigenvalue weighted by molar-refractivity contribution is 5.92. The average molecular weight is 474 g/mol. The Balaban J connectivity index is 1.35. The Morgan fingerprint density at radius 2 is 1.83 bits per heavy atom. The predicted octanol–water partition coefficient (Wildman–Crippen LogP) is 2.86. The number of esters is 1. The maximum atomic E-state index is 13.8. The SMILES string of the molecule is COc1cc(/C=N/NC(=O)Cn2nnc(-c3ccccc3)n2)ccc1OC(=O)c1ccccc1F. The fraction of sp³-hybridized carbons (Fsp3) is 0.0833. The van der Waals surface area contributed by atoms with E-state index in [2.05, 4.69) is 25.9 Å². The van der Waals surface area contributed by atoms with Crippen LogP contribution < -0.4 is 14.9 Å². The Morgan fingerprint density at radius 3 is 2.60 bits per heavy atom. The van der Waals surface area contributed by atoms with E-state index in [9.17, 15) is 14.0 Å². The summed E-state index contributed by atoms with van der Waals surface area (Å²) in [6.45, 7) is -0.175. The van der Waals surface area contributed by atoms with Crippen LogP contribution in [0.25, 0.3) is 11.4 Å². The standard InChI is InChI=1S/C24H19FN6O4/c1-34-21-13-16(11-12-20(21)35-24(33)18-9-5-6-10-19(18)25)14-26-27-22(32)15-31-29-23(28-30-31)17-7-3-2-4-8-17/h2-14H,15H2,1H3,(H,27,32)/b26-14+. The van der Waals surface area contributed by atoms with E-state index in [4.69, 9.17) is 9.47 Å². The van der Waals surface area contributed by atoms with Gasteiger partial charge in [-0.1, -0.05) is 42.5 Å². The average Bonchev–Trinajstić information content (AvgIpc) is 3.34. The molecule has 1 N–H and O–H groups in total. The molecule has 0 aliphatic rings. The number of carbonyl (C=O) groups is 2. The Morgan fingerprint density at radius 1 is 1.06 bits per heavy atom. The van der Waals surface area contributed by atoms with Crippen LogP contribution in [0.1, 0.15) is 15.9 Å². The number of rotatable bonds is 8. The highest BCUT2D eigenvalue weighted by Crippen LogP contribution is 2.28. The summed E-state index contributed by atoms with van der Waals surface area (Å²) < 4.78 is 24.3. The van der Waals surface area contributed by atoms with Gasteiger partial charge in [0.1, 0.15) is 12.4 Å². The summed E-state index contributed by atoms with van der Waals surface area (Å²) in [4.78, 5) is 25.6. The zero-order chi connectivity index (χ0) is 24.6. The number of ether oxygens (including phenoxy) is 2. The van der Waals surface area contributed by atoms with Crippen molar-refractivity contribution in [2.45, 2.75) is 6.54 Å². The Bertz CT molecular complexity index is 1370. The molecule has 0 fully saturated rings. The van der Waals surface area contributed by atoms with Crippen LogP contribution in [0, 0.1) is 5.82 Å².